The molecule has 1 N–H and O–H groups in total. The summed E-state index contributed by atoms with van der Waals surface area (Å²) >= 11 is 0. The molecule has 0 aromatic heterocycles. The number of nitrogens with zero attached hydrogens (tertiary/aromatic N) is 1. The molecule has 2 aliphatic heterocycles. The van der Waals surface area contributed by atoms with Gasteiger partial charge in [0.2, 0.25) is 5.69 Å². The topological polar surface area (TPSA) is 58.8 Å². The first kappa shape index (κ1) is 29.8. The van der Waals surface area contributed by atoms with Gasteiger partial charge >= 0.3 is 0 Å². The largest absolute Gasteiger partial charge is 1.00 e. The number of aldehydes is 1. The van der Waals surface area contributed by atoms with Crippen molar-refractivity contribution in [2.24, 2.45) is 0 Å². The third-order valence-corrected chi connectivity index (χ3v) is 8.32. The van der Waals surface area contributed by atoms with Gasteiger partial charge in [-0.2, -0.15) is 4.58 Å². The number of hydrogen-bond acceptors (Lipinski definition) is 4. The Bertz CT molecular complexity index is 1660. The zero-order valence-electron chi connectivity index (χ0n) is 24.3. The molecule has 0 spiro atoms. The van der Waals surface area contributed by atoms with Crippen LogP contribution in [-0.4, -0.2) is 28.2 Å². The van der Waals surface area contributed by atoms with E-state index in [-0.39, 0.29) is 47.3 Å². The zero-order chi connectivity index (χ0) is 28.6. The van der Waals surface area contributed by atoms with E-state index in [1.807, 2.05) is 18.2 Å². The third kappa shape index (κ3) is 5.56. The molecule has 6 rings (SSSR count). The van der Waals surface area contributed by atoms with Gasteiger partial charge in [-0.15, -0.1) is 0 Å². The average Bonchev–Trinajstić information content (AvgIpc) is 3.19. The van der Waals surface area contributed by atoms with Crippen molar-refractivity contribution in [1.82, 2.24) is 0 Å². The van der Waals surface area contributed by atoms with Gasteiger partial charge in [0.15, 0.2) is 12.0 Å². The summed E-state index contributed by atoms with van der Waals surface area (Å²) in [5.41, 5.74) is 8.50. The van der Waals surface area contributed by atoms with E-state index in [4.69, 9.17) is 9.47 Å². The number of aromatic hydroxyl groups is 1. The minimum Gasteiger partial charge on any atom is -1.00 e. The lowest BCUT2D eigenvalue weighted by molar-refractivity contribution is -0.437. The van der Waals surface area contributed by atoms with Crippen molar-refractivity contribution >= 4 is 23.8 Å². The highest BCUT2D eigenvalue weighted by atomic mass is 127. The van der Waals surface area contributed by atoms with Crippen molar-refractivity contribution in [3.05, 3.63) is 112 Å². The first-order chi connectivity index (χ1) is 19.9. The maximum Gasteiger partial charge on any atom is 0.209 e. The molecule has 5 nitrogen and oxygen atoms in total. The van der Waals surface area contributed by atoms with Crippen LogP contribution in [-0.2, 0) is 12.0 Å². The Morgan fingerprint density at radius 2 is 1.88 bits per heavy atom. The highest BCUT2D eigenvalue weighted by Gasteiger charge is 2.43. The molecule has 6 heteroatoms. The van der Waals surface area contributed by atoms with Crippen LogP contribution in [0.25, 0.3) is 6.08 Å². The van der Waals surface area contributed by atoms with Crippen LogP contribution in [0, 0.1) is 0 Å². The summed E-state index contributed by atoms with van der Waals surface area (Å²) in [6.45, 7) is 8.13. The Morgan fingerprint density at radius 3 is 2.67 bits per heavy atom. The molecule has 0 atom stereocenters. The molecule has 3 aromatic rings. The van der Waals surface area contributed by atoms with Gasteiger partial charge in [0.25, 0.3) is 0 Å². The molecule has 0 bridgehead atoms. The number of hydrogen-bond donors (Lipinski definition) is 1. The van der Waals surface area contributed by atoms with E-state index >= 15 is 0 Å². The number of carbonyl (C=O) groups is 1. The summed E-state index contributed by atoms with van der Waals surface area (Å²) in [5.74, 6) is 2.38. The lowest BCUT2D eigenvalue weighted by atomic mass is 9.81. The van der Waals surface area contributed by atoms with Crippen LogP contribution in [0.4, 0.5) is 5.69 Å². The Balaban J connectivity index is 0.00000353. The lowest BCUT2D eigenvalue weighted by Crippen LogP contribution is -3.00. The predicted octanol–water partition coefficient (Wildman–Crippen LogP) is 5.04. The monoisotopic (exact) mass is 673 g/mol. The van der Waals surface area contributed by atoms with Gasteiger partial charge in [-0.1, -0.05) is 31.2 Å². The fraction of sp³-hybridized carbons (Fsp3) is 0.278. The SMILES string of the molecule is CCC[N+]1=C(/C=C/C2=C3Oc4cc(OCc5ccc(C=O)c(O)c5)ccc4C=C3CCC2)C(C)(C)c2ccccc21.[I-]. The van der Waals surface area contributed by atoms with E-state index < -0.39 is 0 Å². The second-order valence-corrected chi connectivity index (χ2v) is 11.5. The second-order valence-electron chi connectivity index (χ2n) is 11.5. The summed E-state index contributed by atoms with van der Waals surface area (Å²) in [4.78, 5) is 11.0. The van der Waals surface area contributed by atoms with E-state index in [9.17, 15) is 9.90 Å². The number of phenolic OH excluding ortho intramolecular Hbond substituents is 1. The molecule has 2 heterocycles. The highest BCUT2D eigenvalue weighted by molar-refractivity contribution is 6.03. The van der Waals surface area contributed by atoms with Gasteiger partial charge in [0, 0.05) is 35.8 Å². The molecule has 3 aliphatic rings. The fourth-order valence-electron chi connectivity index (χ4n) is 6.17. The summed E-state index contributed by atoms with van der Waals surface area (Å²) in [5, 5.41) is 9.98. The molecule has 3 aromatic carbocycles. The molecular formula is C36H36INO4. The fourth-order valence-corrected chi connectivity index (χ4v) is 6.17. The molecule has 0 fully saturated rings. The number of rotatable bonds is 8. The Hall–Kier alpha value is -3.65. The summed E-state index contributed by atoms with van der Waals surface area (Å²) in [7, 11) is 0. The minimum atomic E-state index is -0.0720. The Kier molecular flexibility index (Phi) is 8.73. The molecule has 0 saturated heterocycles. The van der Waals surface area contributed by atoms with Gasteiger partial charge in [0.1, 0.15) is 36.2 Å². The van der Waals surface area contributed by atoms with Crippen molar-refractivity contribution in [3.8, 4) is 17.2 Å². The standard InChI is InChI=1S/C36H35NO4.HI/c1-4-18-37-31-11-6-5-10-30(31)36(2,3)34(37)17-15-25-8-7-9-27-20-26-14-16-29(21-33(26)41-35(25)27)40-23-24-12-13-28(22-38)32(39)19-24;/h5-6,10-17,19-22H,4,7-9,18,23H2,1-3H3;1H/b17-15+;. The van der Waals surface area contributed by atoms with Gasteiger partial charge < -0.3 is 38.6 Å². The molecular weight excluding hydrogens is 637 g/mol. The van der Waals surface area contributed by atoms with E-state index in [1.54, 1.807) is 18.2 Å². The number of halogens is 1. The number of para-hydroxylation sites is 1. The molecule has 42 heavy (non-hydrogen) atoms. The van der Waals surface area contributed by atoms with Crippen molar-refractivity contribution in [1.29, 1.82) is 0 Å². The summed E-state index contributed by atoms with van der Waals surface area (Å²) in [6, 6.07) is 19.6. The summed E-state index contributed by atoms with van der Waals surface area (Å²) in [6.07, 6.45) is 11.6. The van der Waals surface area contributed by atoms with Crippen LogP contribution in [0.3, 0.4) is 0 Å². The average molecular weight is 674 g/mol. The maximum atomic E-state index is 11.0. The lowest BCUT2D eigenvalue weighted by Gasteiger charge is -2.27. The number of carbonyl (C=O) groups excluding carboxylic acids is 1. The Labute approximate surface area is 264 Å². The van der Waals surface area contributed by atoms with E-state index in [0.717, 1.165) is 54.9 Å². The molecule has 0 amide bonds. The van der Waals surface area contributed by atoms with Crippen LogP contribution >= 0.6 is 0 Å². The third-order valence-electron chi connectivity index (χ3n) is 8.32. The molecule has 0 saturated carbocycles. The van der Waals surface area contributed by atoms with Crippen LogP contribution in [0.15, 0.2) is 89.7 Å². The summed E-state index contributed by atoms with van der Waals surface area (Å²) < 4.78 is 15.1. The molecule has 0 radical (unpaired) electrons. The minimum absolute atomic E-state index is 0. The number of benzene rings is 3. The van der Waals surface area contributed by atoms with E-state index in [2.05, 4.69) is 67.8 Å². The van der Waals surface area contributed by atoms with Crippen LogP contribution in [0.2, 0.25) is 0 Å². The maximum absolute atomic E-state index is 11.0. The smallest absolute Gasteiger partial charge is 0.209 e. The first-order valence-corrected chi connectivity index (χ1v) is 14.5. The van der Waals surface area contributed by atoms with E-state index in [0.29, 0.717) is 12.0 Å². The van der Waals surface area contributed by atoms with Gasteiger partial charge in [-0.25, -0.2) is 0 Å². The van der Waals surface area contributed by atoms with Crippen LogP contribution in [0.5, 0.6) is 17.2 Å². The van der Waals surface area contributed by atoms with E-state index in [1.165, 1.54) is 28.1 Å². The van der Waals surface area contributed by atoms with Crippen molar-refractivity contribution < 1.29 is 47.9 Å². The second kappa shape index (κ2) is 12.3. The van der Waals surface area contributed by atoms with Gasteiger partial charge in [-0.05, 0) is 86.2 Å². The molecule has 216 valence electrons. The van der Waals surface area contributed by atoms with Gasteiger partial charge in [0.05, 0.1) is 11.0 Å². The van der Waals surface area contributed by atoms with Crippen molar-refractivity contribution in [3.63, 3.8) is 0 Å². The number of fused-ring (bicyclic) bond motifs is 3. The molecule has 1 aliphatic carbocycles. The van der Waals surface area contributed by atoms with Gasteiger partial charge in [-0.3, -0.25) is 4.79 Å². The normalized spacial score (nSPS) is 16.7. The first-order valence-electron chi connectivity index (χ1n) is 14.5. The van der Waals surface area contributed by atoms with Crippen molar-refractivity contribution in [2.45, 2.75) is 58.5 Å². The number of ether oxygens (including phenoxy) is 2. The van der Waals surface area contributed by atoms with Crippen LogP contribution in [0.1, 0.15) is 73.5 Å². The van der Waals surface area contributed by atoms with Crippen LogP contribution < -0.4 is 33.5 Å². The predicted molar refractivity (Wildman–Crippen MR) is 162 cm³/mol. The number of phenols is 1. The number of allylic oxidation sites excluding steroid dienone is 4. The molecule has 0 unspecified atom stereocenters. The Morgan fingerprint density at radius 1 is 1.05 bits per heavy atom. The quantitative estimate of drug-likeness (QED) is 0.207. The van der Waals surface area contributed by atoms with Crippen molar-refractivity contribution in [2.75, 3.05) is 6.54 Å². The zero-order valence-corrected chi connectivity index (χ0v) is 26.5. The highest BCUT2D eigenvalue weighted by Crippen LogP contribution is 2.43.